The van der Waals surface area contributed by atoms with Gasteiger partial charge >= 0.3 is 0 Å². The first-order valence-corrected chi connectivity index (χ1v) is 3.54. The van der Waals surface area contributed by atoms with Gasteiger partial charge in [0.25, 0.3) is 0 Å². The maximum atomic E-state index is 10.3. The van der Waals surface area contributed by atoms with Crippen molar-refractivity contribution in [3.05, 3.63) is 0 Å². The van der Waals surface area contributed by atoms with Crippen molar-refractivity contribution < 1.29 is 10.0 Å². The second-order valence-electron chi connectivity index (χ2n) is 2.58. The second-order valence-corrected chi connectivity index (χ2v) is 2.58. The minimum atomic E-state index is -0.112. The van der Waals surface area contributed by atoms with Gasteiger partial charge in [-0.3, -0.25) is 0 Å². The molecule has 1 fully saturated rings. The summed E-state index contributed by atoms with van der Waals surface area (Å²) < 4.78 is 0. The predicted octanol–water partition coefficient (Wildman–Crippen LogP) is 1.21. The fraction of sp³-hybridized carbons (Fsp3) is 0.714. The lowest BCUT2D eigenvalue weighted by Gasteiger charge is -2.16. The van der Waals surface area contributed by atoms with Gasteiger partial charge in [-0.15, -0.1) is 0 Å². The lowest BCUT2D eigenvalue weighted by Crippen LogP contribution is -2.20. The molecule has 10 heavy (non-hydrogen) atoms. The topological polar surface area (TPSA) is 49.7 Å². The Labute approximate surface area is 59.7 Å². The molecule has 1 N–H and O–H groups in total. The molecule has 3 nitrogen and oxygen atoms in total. The smallest absolute Gasteiger partial charge is 0.128 e. The number of hydrogen-bond donors (Lipinski definition) is 1. The van der Waals surface area contributed by atoms with Gasteiger partial charge in [-0.05, 0) is 19.3 Å². The number of hydrogen-bond acceptors (Lipinski definition) is 3. The van der Waals surface area contributed by atoms with Crippen molar-refractivity contribution in [3.8, 4) is 0 Å². The van der Waals surface area contributed by atoms with Crippen molar-refractivity contribution in [2.45, 2.75) is 25.7 Å². The third-order valence-corrected chi connectivity index (χ3v) is 1.92. The van der Waals surface area contributed by atoms with Crippen LogP contribution in [0.3, 0.4) is 0 Å². The van der Waals surface area contributed by atoms with E-state index in [-0.39, 0.29) is 5.92 Å². The van der Waals surface area contributed by atoms with Gasteiger partial charge in [-0.2, -0.15) is 0 Å². The van der Waals surface area contributed by atoms with Crippen LogP contribution in [0, 0.1) is 5.92 Å². The summed E-state index contributed by atoms with van der Waals surface area (Å²) in [6, 6.07) is 0. The predicted molar refractivity (Wildman–Crippen MR) is 37.2 cm³/mol. The lowest BCUT2D eigenvalue weighted by molar-refractivity contribution is -0.109. The minimum absolute atomic E-state index is 0.112. The third kappa shape index (κ3) is 1.35. The average Bonchev–Trinajstić information content (AvgIpc) is 2.04. The Morgan fingerprint density at radius 3 is 2.90 bits per heavy atom. The molecule has 1 unspecified atom stereocenters. The largest absolute Gasteiger partial charge is 0.411 e. The zero-order valence-corrected chi connectivity index (χ0v) is 5.79. The highest BCUT2D eigenvalue weighted by Gasteiger charge is 2.19. The van der Waals surface area contributed by atoms with E-state index in [9.17, 15) is 4.79 Å². The Kier molecular flexibility index (Phi) is 2.42. The van der Waals surface area contributed by atoms with E-state index in [1.807, 2.05) is 0 Å². The van der Waals surface area contributed by atoms with Gasteiger partial charge in [-0.1, -0.05) is 11.6 Å². The van der Waals surface area contributed by atoms with Gasteiger partial charge in [0.2, 0.25) is 0 Å². The molecule has 0 saturated heterocycles. The quantitative estimate of drug-likeness (QED) is 0.339. The number of carbonyl (C=O) groups excluding carboxylic acids is 1. The molecule has 0 aromatic rings. The molecular formula is C7H11NO2. The van der Waals surface area contributed by atoms with Crippen LogP contribution < -0.4 is 0 Å². The summed E-state index contributed by atoms with van der Waals surface area (Å²) in [7, 11) is 0. The summed E-state index contributed by atoms with van der Waals surface area (Å²) in [5.41, 5.74) is 0.654. The monoisotopic (exact) mass is 141 g/mol. The Balaban J connectivity index is 2.59. The summed E-state index contributed by atoms with van der Waals surface area (Å²) in [6.07, 6.45) is 4.61. The number of aldehydes is 1. The first-order valence-electron chi connectivity index (χ1n) is 3.54. The zero-order chi connectivity index (χ0) is 7.40. The molecule has 0 amide bonds. The Hall–Kier alpha value is -0.860. The standard InChI is InChI=1S/C7H11NO2/c9-5-6-3-1-2-4-7(6)8-10/h5-6,10H,1-4H2. The molecule has 0 spiro atoms. The third-order valence-electron chi connectivity index (χ3n) is 1.92. The molecule has 56 valence electrons. The van der Waals surface area contributed by atoms with Crippen molar-refractivity contribution in [3.63, 3.8) is 0 Å². The van der Waals surface area contributed by atoms with Crippen LogP contribution in [0.5, 0.6) is 0 Å². The molecule has 0 aromatic heterocycles. The van der Waals surface area contributed by atoms with E-state index >= 15 is 0 Å². The normalized spacial score (nSPS) is 30.4. The van der Waals surface area contributed by atoms with Crippen molar-refractivity contribution in [2.75, 3.05) is 0 Å². The summed E-state index contributed by atoms with van der Waals surface area (Å²) in [5, 5.41) is 11.5. The molecule has 0 aliphatic heterocycles. The summed E-state index contributed by atoms with van der Waals surface area (Å²) in [5.74, 6) is -0.112. The molecule has 3 heteroatoms. The van der Waals surface area contributed by atoms with Crippen molar-refractivity contribution in [1.29, 1.82) is 0 Å². The molecule has 0 aromatic carbocycles. The SMILES string of the molecule is O=CC1CCCCC1=NO. The molecule has 0 heterocycles. The van der Waals surface area contributed by atoms with Crippen LogP contribution in [0.4, 0.5) is 0 Å². The van der Waals surface area contributed by atoms with Crippen LogP contribution in [0.2, 0.25) is 0 Å². The molecule has 1 aliphatic rings. The van der Waals surface area contributed by atoms with E-state index in [0.717, 1.165) is 32.0 Å². The summed E-state index contributed by atoms with van der Waals surface area (Å²) in [4.78, 5) is 10.3. The maximum absolute atomic E-state index is 10.3. The Morgan fingerprint density at radius 1 is 1.60 bits per heavy atom. The van der Waals surface area contributed by atoms with Crippen molar-refractivity contribution in [1.82, 2.24) is 0 Å². The highest BCUT2D eigenvalue weighted by Crippen LogP contribution is 2.19. The minimum Gasteiger partial charge on any atom is -0.411 e. The molecule has 1 atom stereocenters. The van der Waals surface area contributed by atoms with Gasteiger partial charge in [0.05, 0.1) is 11.6 Å². The highest BCUT2D eigenvalue weighted by atomic mass is 16.4. The van der Waals surface area contributed by atoms with Crippen molar-refractivity contribution in [2.24, 2.45) is 11.1 Å². The van der Waals surface area contributed by atoms with E-state index in [4.69, 9.17) is 5.21 Å². The van der Waals surface area contributed by atoms with Crippen LogP contribution >= 0.6 is 0 Å². The summed E-state index contributed by atoms with van der Waals surface area (Å²) >= 11 is 0. The Morgan fingerprint density at radius 2 is 2.40 bits per heavy atom. The van der Waals surface area contributed by atoms with Crippen LogP contribution in [-0.4, -0.2) is 17.2 Å². The lowest BCUT2D eigenvalue weighted by atomic mass is 9.88. The van der Waals surface area contributed by atoms with Crippen LogP contribution in [0.25, 0.3) is 0 Å². The van der Waals surface area contributed by atoms with Crippen molar-refractivity contribution >= 4 is 12.0 Å². The van der Waals surface area contributed by atoms with Crippen LogP contribution in [-0.2, 0) is 4.79 Å². The molecule has 1 saturated carbocycles. The number of rotatable bonds is 1. The first-order chi connectivity index (χ1) is 4.88. The second kappa shape index (κ2) is 3.34. The number of oxime groups is 1. The molecule has 0 bridgehead atoms. The zero-order valence-electron chi connectivity index (χ0n) is 5.79. The Bertz CT molecular complexity index is 154. The van der Waals surface area contributed by atoms with Gasteiger partial charge in [0.1, 0.15) is 6.29 Å². The molecule has 1 rings (SSSR count). The van der Waals surface area contributed by atoms with E-state index in [0.29, 0.717) is 5.71 Å². The van der Waals surface area contributed by atoms with E-state index in [2.05, 4.69) is 5.16 Å². The van der Waals surface area contributed by atoms with Crippen LogP contribution in [0.15, 0.2) is 5.16 Å². The van der Waals surface area contributed by atoms with Gasteiger partial charge in [-0.25, -0.2) is 0 Å². The molecule has 0 radical (unpaired) electrons. The maximum Gasteiger partial charge on any atom is 0.128 e. The van der Waals surface area contributed by atoms with E-state index in [1.165, 1.54) is 0 Å². The molecule has 1 aliphatic carbocycles. The van der Waals surface area contributed by atoms with E-state index in [1.54, 1.807) is 0 Å². The molecular weight excluding hydrogens is 130 g/mol. The van der Waals surface area contributed by atoms with Gasteiger partial charge in [0, 0.05) is 0 Å². The average molecular weight is 141 g/mol. The first kappa shape index (κ1) is 7.25. The summed E-state index contributed by atoms with van der Waals surface area (Å²) in [6.45, 7) is 0. The van der Waals surface area contributed by atoms with E-state index < -0.39 is 0 Å². The highest BCUT2D eigenvalue weighted by molar-refractivity contribution is 5.97. The van der Waals surface area contributed by atoms with Gasteiger partial charge in [0.15, 0.2) is 0 Å². The van der Waals surface area contributed by atoms with Gasteiger partial charge < -0.3 is 10.0 Å². The van der Waals surface area contributed by atoms with Crippen LogP contribution in [0.1, 0.15) is 25.7 Å². The fourth-order valence-electron chi connectivity index (χ4n) is 1.29. The fourth-order valence-corrected chi connectivity index (χ4v) is 1.29. The number of carbonyl (C=O) groups is 1. The number of nitrogens with zero attached hydrogens (tertiary/aromatic N) is 1.